The van der Waals surface area contributed by atoms with Gasteiger partial charge in [0, 0.05) is 12.1 Å². The molecule has 0 bridgehead atoms. The summed E-state index contributed by atoms with van der Waals surface area (Å²) in [6.45, 7) is 0. The van der Waals surface area contributed by atoms with E-state index in [0.717, 1.165) is 5.82 Å². The maximum atomic E-state index is 5.64. The molecule has 100 valence electrons. The molecular formula is C12H22N6. The molecule has 1 aliphatic rings. The molecule has 6 heteroatoms. The van der Waals surface area contributed by atoms with Crippen LogP contribution in [0.15, 0.2) is 6.07 Å². The van der Waals surface area contributed by atoms with E-state index in [1.807, 2.05) is 0 Å². The third-order valence-electron chi connectivity index (χ3n) is 3.35. The van der Waals surface area contributed by atoms with E-state index in [1.165, 1.54) is 44.9 Å². The van der Waals surface area contributed by atoms with E-state index in [4.69, 9.17) is 11.6 Å². The average Bonchev–Trinajstić information content (AvgIpc) is 2.31. The predicted molar refractivity (Wildman–Crippen MR) is 74.0 cm³/mol. The smallest absolute Gasteiger partial charge is 0.223 e. The molecule has 0 unspecified atom stereocenters. The van der Waals surface area contributed by atoms with Gasteiger partial charge in [0.15, 0.2) is 0 Å². The highest BCUT2D eigenvalue weighted by Crippen LogP contribution is 2.21. The fourth-order valence-corrected chi connectivity index (χ4v) is 2.42. The lowest BCUT2D eigenvalue weighted by molar-refractivity contribution is 0.471. The monoisotopic (exact) mass is 250 g/mol. The third-order valence-corrected chi connectivity index (χ3v) is 3.35. The van der Waals surface area contributed by atoms with E-state index in [1.54, 1.807) is 6.07 Å². The van der Waals surface area contributed by atoms with Crippen LogP contribution in [0.2, 0.25) is 0 Å². The van der Waals surface area contributed by atoms with Crippen molar-refractivity contribution in [1.82, 2.24) is 9.97 Å². The van der Waals surface area contributed by atoms with E-state index in [9.17, 15) is 0 Å². The van der Waals surface area contributed by atoms with Crippen molar-refractivity contribution in [1.29, 1.82) is 0 Å². The highest BCUT2D eigenvalue weighted by atomic mass is 15.3. The molecule has 1 aromatic rings. The van der Waals surface area contributed by atoms with Gasteiger partial charge in [0.25, 0.3) is 0 Å². The maximum Gasteiger partial charge on any atom is 0.223 e. The van der Waals surface area contributed by atoms with Crippen molar-refractivity contribution in [3.8, 4) is 0 Å². The Hall–Kier alpha value is -1.56. The Morgan fingerprint density at radius 2 is 1.61 bits per heavy atom. The zero-order valence-corrected chi connectivity index (χ0v) is 10.7. The molecular weight excluding hydrogens is 228 g/mol. The Kier molecular flexibility index (Phi) is 4.58. The van der Waals surface area contributed by atoms with Crippen LogP contribution in [-0.2, 0) is 0 Å². The van der Waals surface area contributed by atoms with Crippen molar-refractivity contribution in [2.45, 2.75) is 51.0 Å². The summed E-state index contributed by atoms with van der Waals surface area (Å²) in [7, 11) is 0. The summed E-state index contributed by atoms with van der Waals surface area (Å²) >= 11 is 0. The summed E-state index contributed by atoms with van der Waals surface area (Å²) in [4.78, 5) is 8.16. The Labute approximate surface area is 108 Å². The molecule has 1 fully saturated rings. The van der Waals surface area contributed by atoms with E-state index in [2.05, 4.69) is 20.7 Å². The molecule has 2 rings (SSSR count). The second kappa shape index (κ2) is 6.39. The first-order chi connectivity index (χ1) is 8.78. The van der Waals surface area contributed by atoms with Crippen LogP contribution in [0.25, 0.3) is 0 Å². The molecule has 0 radical (unpaired) electrons. The van der Waals surface area contributed by atoms with E-state index < -0.39 is 0 Å². The van der Waals surface area contributed by atoms with Crippen LogP contribution in [0.4, 0.5) is 17.6 Å². The van der Waals surface area contributed by atoms with Crippen LogP contribution in [0.3, 0.4) is 0 Å². The lowest BCUT2D eigenvalue weighted by Gasteiger charge is -2.21. The fraction of sp³-hybridized carbons (Fsp3) is 0.667. The standard InChI is InChI=1S/C12H22N6/c13-12-16-10(8-11(17-12)18-14)15-9-6-4-2-1-3-5-7-9/h8-9H,1-7,14H2,(H4,13,15,16,17,18). The number of rotatable bonds is 3. The number of hydrazine groups is 1. The van der Waals surface area contributed by atoms with E-state index in [-0.39, 0.29) is 5.95 Å². The second-order valence-electron chi connectivity index (χ2n) is 4.83. The fourth-order valence-electron chi connectivity index (χ4n) is 2.42. The lowest BCUT2D eigenvalue weighted by atomic mass is 9.97. The number of nitrogens with zero attached hydrogens (tertiary/aromatic N) is 2. The zero-order valence-electron chi connectivity index (χ0n) is 10.7. The molecule has 6 N–H and O–H groups in total. The van der Waals surface area contributed by atoms with Gasteiger partial charge in [0.05, 0.1) is 0 Å². The number of nitrogens with two attached hydrogens (primary N) is 2. The van der Waals surface area contributed by atoms with Crippen molar-refractivity contribution < 1.29 is 0 Å². The van der Waals surface area contributed by atoms with Gasteiger partial charge in [-0.1, -0.05) is 32.1 Å². The average molecular weight is 250 g/mol. The van der Waals surface area contributed by atoms with Crippen LogP contribution in [0, 0.1) is 0 Å². The highest BCUT2D eigenvalue weighted by molar-refractivity contribution is 5.50. The Morgan fingerprint density at radius 1 is 1.00 bits per heavy atom. The molecule has 0 saturated heterocycles. The van der Waals surface area contributed by atoms with Gasteiger partial charge in [-0.2, -0.15) is 9.97 Å². The maximum absolute atomic E-state index is 5.64. The Morgan fingerprint density at radius 3 is 2.28 bits per heavy atom. The van der Waals surface area contributed by atoms with Crippen molar-refractivity contribution in [3.05, 3.63) is 6.07 Å². The van der Waals surface area contributed by atoms with Gasteiger partial charge < -0.3 is 16.5 Å². The van der Waals surface area contributed by atoms with Crippen molar-refractivity contribution >= 4 is 17.6 Å². The minimum atomic E-state index is 0.235. The van der Waals surface area contributed by atoms with Crippen molar-refractivity contribution in [2.24, 2.45) is 5.84 Å². The summed E-state index contributed by atoms with van der Waals surface area (Å²) in [5, 5.41) is 3.44. The number of nitrogens with one attached hydrogen (secondary N) is 2. The topological polar surface area (TPSA) is 102 Å². The zero-order chi connectivity index (χ0) is 12.8. The van der Waals surface area contributed by atoms with E-state index >= 15 is 0 Å². The quantitative estimate of drug-likeness (QED) is 0.482. The molecule has 18 heavy (non-hydrogen) atoms. The summed E-state index contributed by atoms with van der Waals surface area (Å²) < 4.78 is 0. The van der Waals surface area contributed by atoms with Gasteiger partial charge in [0.1, 0.15) is 11.6 Å². The first-order valence-electron chi connectivity index (χ1n) is 6.65. The van der Waals surface area contributed by atoms with Gasteiger partial charge in [-0.05, 0) is 12.8 Å². The minimum absolute atomic E-state index is 0.235. The largest absolute Gasteiger partial charge is 0.368 e. The van der Waals surface area contributed by atoms with Crippen LogP contribution >= 0.6 is 0 Å². The van der Waals surface area contributed by atoms with Gasteiger partial charge >= 0.3 is 0 Å². The summed E-state index contributed by atoms with van der Waals surface area (Å²) in [6.07, 6.45) is 8.97. The number of hydrogen-bond acceptors (Lipinski definition) is 6. The normalized spacial score (nSPS) is 17.8. The van der Waals surface area contributed by atoms with Gasteiger partial charge in [-0.25, -0.2) is 5.84 Å². The third kappa shape index (κ3) is 3.73. The number of anilines is 3. The predicted octanol–water partition coefficient (Wildman–Crippen LogP) is 1.87. The molecule has 0 atom stereocenters. The minimum Gasteiger partial charge on any atom is -0.368 e. The molecule has 1 aliphatic carbocycles. The SMILES string of the molecule is NNc1cc(NC2CCCCCCC2)nc(N)n1. The van der Waals surface area contributed by atoms with Crippen LogP contribution < -0.4 is 22.3 Å². The van der Waals surface area contributed by atoms with E-state index in [0.29, 0.717) is 11.9 Å². The molecule has 0 spiro atoms. The highest BCUT2D eigenvalue weighted by Gasteiger charge is 2.12. The molecule has 1 saturated carbocycles. The van der Waals surface area contributed by atoms with Gasteiger partial charge in [-0.15, -0.1) is 0 Å². The van der Waals surface area contributed by atoms with Crippen LogP contribution in [0.1, 0.15) is 44.9 Å². The summed E-state index contributed by atoms with van der Waals surface area (Å²) in [5.41, 5.74) is 8.13. The van der Waals surface area contributed by atoms with Crippen molar-refractivity contribution in [2.75, 3.05) is 16.5 Å². The molecule has 0 aromatic carbocycles. The molecule has 6 nitrogen and oxygen atoms in total. The van der Waals surface area contributed by atoms with Gasteiger partial charge in [-0.3, -0.25) is 0 Å². The second-order valence-corrected chi connectivity index (χ2v) is 4.83. The molecule has 0 aliphatic heterocycles. The molecule has 1 aromatic heterocycles. The molecule has 1 heterocycles. The first-order valence-corrected chi connectivity index (χ1v) is 6.65. The summed E-state index contributed by atoms with van der Waals surface area (Å²) in [6, 6.07) is 2.26. The van der Waals surface area contributed by atoms with Crippen LogP contribution in [-0.4, -0.2) is 16.0 Å². The number of nitrogen functional groups attached to an aromatic ring is 2. The van der Waals surface area contributed by atoms with Crippen LogP contribution in [0.5, 0.6) is 0 Å². The van der Waals surface area contributed by atoms with Crippen molar-refractivity contribution in [3.63, 3.8) is 0 Å². The summed E-state index contributed by atoms with van der Waals surface area (Å²) in [5.74, 6) is 6.87. The number of hydrogen-bond donors (Lipinski definition) is 4. The first kappa shape index (κ1) is 12.9. The number of aromatic nitrogens is 2. The van der Waals surface area contributed by atoms with Gasteiger partial charge in [0.2, 0.25) is 5.95 Å². The lowest BCUT2D eigenvalue weighted by Crippen LogP contribution is -2.22. The Balaban J connectivity index is 2.00. The molecule has 0 amide bonds. The Bertz CT molecular complexity index is 373.